The summed E-state index contributed by atoms with van der Waals surface area (Å²) in [5.41, 5.74) is 0. The van der Waals surface area contributed by atoms with E-state index in [2.05, 4.69) is 79.9 Å². The first-order chi connectivity index (χ1) is 39.8. The fourth-order valence-electron chi connectivity index (χ4n) is 10.9. The van der Waals surface area contributed by atoms with Crippen LogP contribution in [0.25, 0.3) is 0 Å². The lowest BCUT2D eigenvalue weighted by atomic mass is 9.99. The largest absolute Gasteiger partial charge is 0.394 e. The Hall–Kier alpha value is -2.37. The van der Waals surface area contributed by atoms with E-state index >= 15 is 0 Å². The molecular formula is C72H131NO8. The second-order valence-corrected chi connectivity index (χ2v) is 23.9. The van der Waals surface area contributed by atoms with Gasteiger partial charge in [0.2, 0.25) is 5.91 Å². The van der Waals surface area contributed by atoms with Crippen LogP contribution in [0.1, 0.15) is 322 Å². The highest BCUT2D eigenvalue weighted by molar-refractivity contribution is 5.76. The van der Waals surface area contributed by atoms with Crippen LogP contribution < -0.4 is 5.32 Å². The van der Waals surface area contributed by atoms with E-state index in [9.17, 15) is 30.3 Å². The highest BCUT2D eigenvalue weighted by Gasteiger charge is 2.44. The molecule has 1 rings (SSSR count). The Morgan fingerprint density at radius 3 is 1.19 bits per heavy atom. The Labute approximate surface area is 499 Å². The van der Waals surface area contributed by atoms with Crippen molar-refractivity contribution in [3.8, 4) is 0 Å². The van der Waals surface area contributed by atoms with E-state index in [-0.39, 0.29) is 12.5 Å². The van der Waals surface area contributed by atoms with Crippen LogP contribution in [0, 0.1) is 0 Å². The number of hydrogen-bond acceptors (Lipinski definition) is 8. The summed E-state index contributed by atoms with van der Waals surface area (Å²) in [6.45, 7) is 3.69. The molecule has 1 aliphatic heterocycles. The molecule has 7 unspecified atom stereocenters. The van der Waals surface area contributed by atoms with Gasteiger partial charge in [-0.3, -0.25) is 4.79 Å². The van der Waals surface area contributed by atoms with E-state index in [0.717, 1.165) is 64.2 Å². The third-order valence-electron chi connectivity index (χ3n) is 16.3. The van der Waals surface area contributed by atoms with Crippen molar-refractivity contribution in [2.24, 2.45) is 0 Å². The minimum Gasteiger partial charge on any atom is -0.394 e. The molecular weight excluding hydrogens is 1010 g/mol. The number of aliphatic hydroxyl groups excluding tert-OH is 5. The van der Waals surface area contributed by atoms with Gasteiger partial charge in [0.1, 0.15) is 24.4 Å². The Balaban J connectivity index is 2.14. The SMILES string of the molecule is CC/C=C\C/C=C\C/C=C\C/C=C\CCCCCCCCCCCCCCCCCCCCCCC(=O)NC(COC1OC(CO)C(O)C(O)C1O)C(O)/C=C/CC/C=C/CCCCCCCCCCCCCCCCCCCCC. The van der Waals surface area contributed by atoms with Gasteiger partial charge in [-0.05, 0) is 70.6 Å². The lowest BCUT2D eigenvalue weighted by Gasteiger charge is -2.40. The van der Waals surface area contributed by atoms with Crippen LogP contribution in [-0.2, 0) is 14.3 Å². The molecule has 0 spiro atoms. The van der Waals surface area contributed by atoms with Gasteiger partial charge < -0.3 is 40.3 Å². The van der Waals surface area contributed by atoms with Gasteiger partial charge in [0, 0.05) is 6.42 Å². The lowest BCUT2D eigenvalue weighted by Crippen LogP contribution is -2.60. The third kappa shape index (κ3) is 49.6. The third-order valence-corrected chi connectivity index (χ3v) is 16.3. The van der Waals surface area contributed by atoms with Crippen molar-refractivity contribution in [1.29, 1.82) is 0 Å². The van der Waals surface area contributed by atoms with Crippen LogP contribution in [0.3, 0.4) is 0 Å². The predicted octanol–water partition coefficient (Wildman–Crippen LogP) is 18.8. The lowest BCUT2D eigenvalue weighted by molar-refractivity contribution is -0.302. The van der Waals surface area contributed by atoms with E-state index in [1.165, 1.54) is 238 Å². The molecule has 0 aromatic carbocycles. The molecule has 9 heteroatoms. The number of hydrogen-bond donors (Lipinski definition) is 6. The van der Waals surface area contributed by atoms with Gasteiger partial charge >= 0.3 is 0 Å². The summed E-state index contributed by atoms with van der Waals surface area (Å²) in [6.07, 6.45) is 78.7. The highest BCUT2D eigenvalue weighted by Crippen LogP contribution is 2.23. The van der Waals surface area contributed by atoms with Crippen LogP contribution in [0.4, 0.5) is 0 Å². The number of nitrogens with one attached hydrogen (secondary N) is 1. The molecule has 0 aromatic rings. The van der Waals surface area contributed by atoms with Crippen LogP contribution >= 0.6 is 0 Å². The van der Waals surface area contributed by atoms with E-state index < -0.39 is 49.5 Å². The van der Waals surface area contributed by atoms with Gasteiger partial charge in [-0.2, -0.15) is 0 Å². The van der Waals surface area contributed by atoms with Crippen LogP contribution in [0.2, 0.25) is 0 Å². The number of rotatable bonds is 60. The summed E-state index contributed by atoms with van der Waals surface area (Å²) in [4.78, 5) is 13.1. The molecule has 1 saturated heterocycles. The maximum atomic E-state index is 13.1. The quantitative estimate of drug-likeness (QED) is 0.0261. The first kappa shape index (κ1) is 76.6. The second-order valence-electron chi connectivity index (χ2n) is 23.9. The number of allylic oxidation sites excluding steroid dienone is 11. The molecule has 9 nitrogen and oxygen atoms in total. The summed E-state index contributed by atoms with van der Waals surface area (Å²) in [5.74, 6) is -0.182. The minimum absolute atomic E-state index is 0.182. The first-order valence-electron chi connectivity index (χ1n) is 34.7. The Bertz CT molecular complexity index is 1510. The van der Waals surface area contributed by atoms with Crippen molar-refractivity contribution in [3.05, 3.63) is 72.9 Å². The van der Waals surface area contributed by atoms with Crippen LogP contribution in [0.15, 0.2) is 72.9 Å². The number of unbranched alkanes of at least 4 members (excludes halogenated alkanes) is 40. The zero-order valence-corrected chi connectivity index (χ0v) is 52.8. The molecule has 0 bridgehead atoms. The zero-order valence-electron chi connectivity index (χ0n) is 52.8. The molecule has 1 fully saturated rings. The minimum atomic E-state index is -1.57. The molecule has 1 amide bonds. The van der Waals surface area contributed by atoms with Gasteiger partial charge in [0.05, 0.1) is 25.4 Å². The summed E-state index contributed by atoms with van der Waals surface area (Å²) in [7, 11) is 0. The van der Waals surface area contributed by atoms with E-state index in [0.29, 0.717) is 6.42 Å². The van der Waals surface area contributed by atoms with Gasteiger partial charge in [0.15, 0.2) is 6.29 Å². The maximum absolute atomic E-state index is 13.1. The van der Waals surface area contributed by atoms with Gasteiger partial charge in [-0.1, -0.05) is 318 Å². The maximum Gasteiger partial charge on any atom is 0.220 e. The molecule has 6 N–H and O–H groups in total. The summed E-state index contributed by atoms with van der Waals surface area (Å²) in [6, 6.07) is -0.824. The zero-order chi connectivity index (χ0) is 58.6. The molecule has 0 aliphatic carbocycles. The molecule has 1 heterocycles. The first-order valence-corrected chi connectivity index (χ1v) is 34.7. The number of carbonyl (C=O) groups is 1. The van der Waals surface area contributed by atoms with Gasteiger partial charge in [-0.25, -0.2) is 0 Å². The summed E-state index contributed by atoms with van der Waals surface area (Å²) >= 11 is 0. The molecule has 0 radical (unpaired) electrons. The monoisotopic (exact) mass is 1140 g/mol. The number of carbonyl (C=O) groups excluding carboxylic acids is 1. The number of amides is 1. The van der Waals surface area contributed by atoms with Crippen LogP contribution in [-0.4, -0.2) is 87.5 Å². The molecule has 1 aliphatic rings. The molecule has 0 aromatic heterocycles. The van der Waals surface area contributed by atoms with Crippen molar-refractivity contribution in [3.63, 3.8) is 0 Å². The average Bonchev–Trinajstić information content (AvgIpc) is 3.50. The van der Waals surface area contributed by atoms with Crippen molar-refractivity contribution < 1.29 is 39.8 Å². The second kappa shape index (κ2) is 60.7. The summed E-state index contributed by atoms with van der Waals surface area (Å²) < 4.78 is 11.3. The van der Waals surface area contributed by atoms with Crippen molar-refractivity contribution in [1.82, 2.24) is 5.32 Å². The Kier molecular flexibility index (Phi) is 57.5. The Morgan fingerprint density at radius 2 is 0.778 bits per heavy atom. The predicted molar refractivity (Wildman–Crippen MR) is 345 cm³/mol. The normalized spacial score (nSPS) is 18.8. The molecule has 7 atom stereocenters. The fourth-order valence-corrected chi connectivity index (χ4v) is 10.9. The van der Waals surface area contributed by atoms with E-state index in [4.69, 9.17) is 9.47 Å². The van der Waals surface area contributed by atoms with E-state index in [1.54, 1.807) is 6.08 Å². The van der Waals surface area contributed by atoms with Crippen molar-refractivity contribution in [2.75, 3.05) is 13.2 Å². The van der Waals surface area contributed by atoms with Crippen molar-refractivity contribution in [2.45, 2.75) is 365 Å². The molecule has 0 saturated carbocycles. The highest BCUT2D eigenvalue weighted by atomic mass is 16.7. The molecule has 81 heavy (non-hydrogen) atoms. The fraction of sp³-hybridized carbons (Fsp3) is 0.819. The smallest absolute Gasteiger partial charge is 0.220 e. The number of aliphatic hydroxyl groups is 5. The van der Waals surface area contributed by atoms with Crippen LogP contribution in [0.5, 0.6) is 0 Å². The van der Waals surface area contributed by atoms with Crippen molar-refractivity contribution >= 4 is 5.91 Å². The average molecular weight is 1140 g/mol. The topological polar surface area (TPSA) is 149 Å². The van der Waals surface area contributed by atoms with E-state index in [1.807, 2.05) is 6.08 Å². The Morgan fingerprint density at radius 1 is 0.432 bits per heavy atom. The molecule has 472 valence electrons. The summed E-state index contributed by atoms with van der Waals surface area (Å²) in [5, 5.41) is 54.7. The van der Waals surface area contributed by atoms with Gasteiger partial charge in [0.25, 0.3) is 0 Å². The standard InChI is InChI=1S/C72H131NO8/c1-3-5-7-9-11-13-15-17-19-21-23-25-27-29-30-31-32-33-34-35-36-38-40-42-44-46-48-50-52-54-56-58-60-62-68(76)73-65(64-80-72-71(79)70(78)69(77)67(63-74)81-72)66(75)61-59-57-55-53-51-49-47-45-43-41-39-37-28-26-24-22-20-18-16-14-12-10-8-6-4-2/h5,7,11,13,17,19,23,25,51,53,59,61,65-67,69-72,74-75,77-79H,3-4,6,8-10,12,14-16,18,20-22,24,26-50,52,54-58,60,62-64H2,1-2H3,(H,73,76)/b7-5-,13-11-,19-17-,25-23-,53-51+,61-59+. The van der Waals surface area contributed by atoms with Gasteiger partial charge in [-0.15, -0.1) is 0 Å². The number of ether oxygens (including phenoxy) is 2.